The van der Waals surface area contributed by atoms with Crippen molar-refractivity contribution in [2.45, 2.75) is 63.8 Å². The summed E-state index contributed by atoms with van der Waals surface area (Å²) in [6.07, 6.45) is 5.33. The van der Waals surface area contributed by atoms with E-state index < -0.39 is 33.6 Å². The number of aliphatic carboxylic acids is 1. The van der Waals surface area contributed by atoms with Crippen LogP contribution in [0.2, 0.25) is 0 Å². The monoisotopic (exact) mass is 734 g/mol. The van der Waals surface area contributed by atoms with Gasteiger partial charge in [-0.2, -0.15) is 0 Å². The predicted molar refractivity (Wildman–Crippen MR) is 150 cm³/mol. The number of unbranched alkanes of at least 4 members (excludes halogenated alkanes) is 5. The van der Waals surface area contributed by atoms with Crippen LogP contribution in [0.15, 0.2) is 0 Å². The van der Waals surface area contributed by atoms with E-state index in [1.807, 2.05) is 0 Å². The van der Waals surface area contributed by atoms with Crippen LogP contribution in [-0.2, 0) is 42.9 Å². The van der Waals surface area contributed by atoms with Crippen molar-refractivity contribution in [2.75, 3.05) is 77.0 Å². The molecule has 0 aromatic heterocycles. The zero-order valence-electron chi connectivity index (χ0n) is 24.8. The summed E-state index contributed by atoms with van der Waals surface area (Å²) in [5.74, 6) is -2.35. The van der Waals surface area contributed by atoms with E-state index >= 15 is 0 Å². The molecule has 0 aliphatic rings. The van der Waals surface area contributed by atoms with Gasteiger partial charge in [0.1, 0.15) is 6.04 Å². The second-order valence-electron chi connectivity index (χ2n) is 9.41. The number of halogens is 1. The van der Waals surface area contributed by atoms with E-state index in [-0.39, 0.29) is 113 Å². The Hall–Kier alpha value is -1.96. The fourth-order valence-corrected chi connectivity index (χ4v) is 4.07. The summed E-state index contributed by atoms with van der Waals surface area (Å²) in [6.45, 7) is 1.90. The van der Waals surface area contributed by atoms with E-state index in [1.165, 1.54) is 0 Å². The Bertz CT molecular complexity index is 775. The van der Waals surface area contributed by atoms with Crippen LogP contribution in [0.5, 0.6) is 0 Å². The number of carbonyl (C=O) groups excluding carboxylic acids is 4. The standard InChI is InChI=1S/C27H49IN3O12/c32-12-6-4-2-1-3-5-7-25(35)31-23(27(37)38)8-9-24(34)29-10-13-40-16-18-43-21-26(36)30-11-14-41-15-17-42-20-22(33)19-28-39/h23,32,39H,1-21H2,(H,29,34)(H,30,36)(H,31,35)(H,37,38)/q-1/t23-/m0/s1. The van der Waals surface area contributed by atoms with Crippen molar-refractivity contribution in [2.24, 2.45) is 0 Å². The van der Waals surface area contributed by atoms with Crippen molar-refractivity contribution in [1.82, 2.24) is 16.0 Å². The number of aliphatic hydroxyl groups is 1. The van der Waals surface area contributed by atoms with Crippen LogP contribution in [-0.4, -0.2) is 126 Å². The second-order valence-corrected chi connectivity index (χ2v) is 10.9. The van der Waals surface area contributed by atoms with Crippen LogP contribution in [0, 0.1) is 0 Å². The predicted octanol–water partition coefficient (Wildman–Crippen LogP) is -4.08. The molecule has 0 radical (unpaired) electrons. The van der Waals surface area contributed by atoms with Gasteiger partial charge in [0.25, 0.3) is 0 Å². The van der Waals surface area contributed by atoms with E-state index in [1.54, 1.807) is 0 Å². The molecule has 1 atom stereocenters. The van der Waals surface area contributed by atoms with Gasteiger partial charge in [-0.05, 0) is 19.3 Å². The average molecular weight is 735 g/mol. The molecule has 15 nitrogen and oxygen atoms in total. The Morgan fingerprint density at radius 2 is 1.21 bits per heavy atom. The van der Waals surface area contributed by atoms with Gasteiger partial charge >= 0.3 is 111 Å². The third-order valence-electron chi connectivity index (χ3n) is 5.69. The normalized spacial score (nSPS) is 11.7. The molecule has 0 bridgehead atoms. The minimum absolute atomic E-state index is 0.0273. The van der Waals surface area contributed by atoms with Crippen LogP contribution >= 0.6 is 0 Å². The molecule has 16 heteroatoms. The summed E-state index contributed by atoms with van der Waals surface area (Å²) in [7, 11) is 0. The second kappa shape index (κ2) is 30.1. The Balaban J connectivity index is 3.68. The molecule has 0 aromatic rings. The fraction of sp³-hybridized carbons (Fsp3) is 0.815. The van der Waals surface area contributed by atoms with E-state index in [4.69, 9.17) is 27.5 Å². The number of carbonyl (C=O) groups is 5. The number of carboxylic acids is 1. The molecule has 3 amide bonds. The SMILES string of the molecule is O=C(COCCOCCNC(=O)COCCOCCNC(=O)CC[C@H](NC(=O)CCCCCCCCO)C(=O)O)C[I-]O. The number of hydrogen-bond donors (Lipinski definition) is 6. The number of hydrogen-bond acceptors (Lipinski definition) is 11. The third kappa shape index (κ3) is 28.6. The summed E-state index contributed by atoms with van der Waals surface area (Å²) < 4.78 is 29.8. The van der Waals surface area contributed by atoms with Gasteiger partial charge in [0.15, 0.2) is 0 Å². The number of alkyl halides is 1. The Labute approximate surface area is 263 Å². The fourth-order valence-electron chi connectivity index (χ4n) is 3.46. The van der Waals surface area contributed by atoms with Gasteiger partial charge in [-0.15, -0.1) is 0 Å². The van der Waals surface area contributed by atoms with Gasteiger partial charge in [0.05, 0.1) is 19.8 Å². The first-order chi connectivity index (χ1) is 20.8. The van der Waals surface area contributed by atoms with Crippen molar-refractivity contribution in [3.63, 3.8) is 0 Å². The first kappa shape index (κ1) is 41.0. The number of aliphatic hydroxyl groups excluding tert-OH is 1. The van der Waals surface area contributed by atoms with E-state index in [9.17, 15) is 29.1 Å². The van der Waals surface area contributed by atoms with Gasteiger partial charge in [-0.1, -0.05) is 25.7 Å². The number of ketones is 1. The van der Waals surface area contributed by atoms with Gasteiger partial charge in [-0.25, -0.2) is 4.79 Å². The molecular weight excluding hydrogens is 685 g/mol. The van der Waals surface area contributed by atoms with Gasteiger partial charge < -0.3 is 30.3 Å². The molecule has 0 spiro atoms. The molecule has 252 valence electrons. The molecule has 0 aliphatic heterocycles. The first-order valence-electron chi connectivity index (χ1n) is 14.5. The summed E-state index contributed by atoms with van der Waals surface area (Å²) in [5, 5.41) is 25.8. The number of amides is 3. The first-order valence-corrected chi connectivity index (χ1v) is 17.0. The van der Waals surface area contributed by atoms with E-state index in [0.717, 1.165) is 32.1 Å². The van der Waals surface area contributed by atoms with Crippen molar-refractivity contribution < 1.29 is 78.2 Å². The van der Waals surface area contributed by atoms with Crippen molar-refractivity contribution in [3.05, 3.63) is 0 Å². The number of ether oxygens (including phenoxy) is 4. The van der Waals surface area contributed by atoms with E-state index in [0.29, 0.717) is 13.0 Å². The maximum atomic E-state index is 12.0. The van der Waals surface area contributed by atoms with E-state index in [2.05, 4.69) is 16.0 Å². The summed E-state index contributed by atoms with van der Waals surface area (Å²) in [6, 6.07) is -1.14. The molecular formula is C27H49IN3O12-. The molecule has 0 saturated carbocycles. The Morgan fingerprint density at radius 1 is 0.651 bits per heavy atom. The quantitative estimate of drug-likeness (QED) is 0.0228. The van der Waals surface area contributed by atoms with Crippen molar-refractivity contribution >= 4 is 29.5 Å². The summed E-state index contributed by atoms with van der Waals surface area (Å²) >= 11 is -1.05. The topological polar surface area (TPSA) is 219 Å². The molecule has 43 heavy (non-hydrogen) atoms. The molecule has 0 heterocycles. The molecule has 0 aliphatic carbocycles. The molecule has 0 aromatic carbocycles. The van der Waals surface area contributed by atoms with Gasteiger partial charge in [-0.3, -0.25) is 9.59 Å². The number of nitrogens with one attached hydrogen (secondary N) is 3. The van der Waals surface area contributed by atoms with Crippen LogP contribution in [0.4, 0.5) is 0 Å². The zero-order chi connectivity index (χ0) is 32.0. The van der Waals surface area contributed by atoms with Crippen LogP contribution < -0.4 is 37.6 Å². The van der Waals surface area contributed by atoms with Crippen LogP contribution in [0.3, 0.4) is 0 Å². The zero-order valence-corrected chi connectivity index (χ0v) is 27.0. The number of rotatable bonds is 31. The van der Waals surface area contributed by atoms with Crippen LogP contribution in [0.25, 0.3) is 0 Å². The number of carboxylic acid groups (broad SMARTS) is 1. The van der Waals surface area contributed by atoms with Crippen molar-refractivity contribution in [3.8, 4) is 0 Å². The molecule has 6 N–H and O–H groups in total. The third-order valence-corrected chi connectivity index (χ3v) is 6.88. The number of Topliss-reactive ketones (excluding diaryl/α,β-unsaturated/α-hetero) is 1. The molecule has 0 rings (SSSR count). The molecule has 0 saturated heterocycles. The Kier molecular flexibility index (Phi) is 28.7. The average Bonchev–Trinajstić information content (AvgIpc) is 2.97. The van der Waals surface area contributed by atoms with Gasteiger partial charge in [0, 0.05) is 26.0 Å². The molecule has 0 unspecified atom stereocenters. The Morgan fingerprint density at radius 3 is 1.81 bits per heavy atom. The summed E-state index contributed by atoms with van der Waals surface area (Å²) in [4.78, 5) is 58.4. The molecule has 0 fully saturated rings. The summed E-state index contributed by atoms with van der Waals surface area (Å²) in [5.41, 5.74) is 0. The maximum absolute atomic E-state index is 12.0. The van der Waals surface area contributed by atoms with Crippen molar-refractivity contribution in [1.29, 1.82) is 0 Å². The van der Waals surface area contributed by atoms with Gasteiger partial charge in [0.2, 0.25) is 11.8 Å². The van der Waals surface area contributed by atoms with Crippen LogP contribution in [0.1, 0.15) is 57.8 Å². The minimum atomic E-state index is -1.19.